The van der Waals surface area contributed by atoms with Gasteiger partial charge in [-0.15, -0.1) is 0 Å². The van der Waals surface area contributed by atoms with E-state index in [2.05, 4.69) is 4.98 Å². The third-order valence-corrected chi connectivity index (χ3v) is 2.49. The molecule has 0 saturated carbocycles. The van der Waals surface area contributed by atoms with Gasteiger partial charge in [0.1, 0.15) is 5.75 Å². The standard InChI is InChI=1S/C14H16N2O/c15-11-12-4-3-6-14(10-12)17-9-7-13-5-1-2-8-16-13/h1-6,8,10H,7,9,11,15H2. The van der Waals surface area contributed by atoms with Gasteiger partial charge in [-0.25, -0.2) is 0 Å². The van der Waals surface area contributed by atoms with Gasteiger partial charge in [-0.2, -0.15) is 0 Å². The largest absolute Gasteiger partial charge is 0.493 e. The molecule has 3 nitrogen and oxygen atoms in total. The van der Waals surface area contributed by atoms with Crippen LogP contribution in [0, 0.1) is 0 Å². The predicted octanol–water partition coefficient (Wildman–Crippen LogP) is 2.16. The van der Waals surface area contributed by atoms with Crippen molar-refractivity contribution >= 4 is 0 Å². The van der Waals surface area contributed by atoms with Crippen LogP contribution in [0.4, 0.5) is 0 Å². The lowest BCUT2D eigenvalue weighted by atomic mass is 10.2. The van der Waals surface area contributed by atoms with Crippen molar-refractivity contribution in [1.29, 1.82) is 0 Å². The van der Waals surface area contributed by atoms with Crippen molar-refractivity contribution in [3.63, 3.8) is 0 Å². The van der Waals surface area contributed by atoms with E-state index in [1.165, 1.54) is 0 Å². The first-order chi connectivity index (χ1) is 8.38. The Kier molecular flexibility index (Phi) is 4.11. The monoisotopic (exact) mass is 228 g/mol. The molecule has 2 rings (SSSR count). The predicted molar refractivity (Wildman–Crippen MR) is 67.8 cm³/mol. The Hall–Kier alpha value is -1.87. The summed E-state index contributed by atoms with van der Waals surface area (Å²) in [6.45, 7) is 1.17. The molecule has 1 aromatic carbocycles. The summed E-state index contributed by atoms with van der Waals surface area (Å²) < 4.78 is 5.66. The number of nitrogens with two attached hydrogens (primary N) is 1. The molecule has 0 unspecified atom stereocenters. The fraction of sp³-hybridized carbons (Fsp3) is 0.214. The number of pyridine rings is 1. The minimum atomic E-state index is 0.539. The second-order valence-electron chi connectivity index (χ2n) is 3.77. The molecule has 0 bridgehead atoms. The van der Waals surface area contributed by atoms with Crippen LogP contribution in [0.25, 0.3) is 0 Å². The van der Waals surface area contributed by atoms with Crippen molar-refractivity contribution in [3.05, 3.63) is 59.9 Å². The Labute approximate surface area is 101 Å². The van der Waals surface area contributed by atoms with E-state index in [-0.39, 0.29) is 0 Å². The van der Waals surface area contributed by atoms with E-state index >= 15 is 0 Å². The zero-order valence-electron chi connectivity index (χ0n) is 9.67. The molecule has 0 spiro atoms. The van der Waals surface area contributed by atoms with E-state index in [1.807, 2.05) is 42.5 Å². The van der Waals surface area contributed by atoms with Crippen LogP contribution in [0.15, 0.2) is 48.7 Å². The van der Waals surface area contributed by atoms with Crippen molar-refractivity contribution in [1.82, 2.24) is 4.98 Å². The van der Waals surface area contributed by atoms with Crippen LogP contribution in [0.5, 0.6) is 5.75 Å². The number of nitrogens with zero attached hydrogens (tertiary/aromatic N) is 1. The first kappa shape index (κ1) is 11.6. The van der Waals surface area contributed by atoms with Crippen LogP contribution in [-0.4, -0.2) is 11.6 Å². The maximum absolute atomic E-state index is 5.66. The fourth-order valence-corrected chi connectivity index (χ4v) is 1.58. The zero-order chi connectivity index (χ0) is 11.9. The van der Waals surface area contributed by atoms with Gasteiger partial charge in [-0.3, -0.25) is 4.98 Å². The number of aromatic nitrogens is 1. The molecular formula is C14H16N2O. The molecule has 2 aromatic rings. The summed E-state index contributed by atoms with van der Waals surface area (Å²) in [5, 5.41) is 0. The van der Waals surface area contributed by atoms with E-state index in [4.69, 9.17) is 10.5 Å². The van der Waals surface area contributed by atoms with Gasteiger partial charge in [0.15, 0.2) is 0 Å². The van der Waals surface area contributed by atoms with Gasteiger partial charge >= 0.3 is 0 Å². The summed E-state index contributed by atoms with van der Waals surface area (Å²) in [4.78, 5) is 4.24. The highest BCUT2D eigenvalue weighted by Gasteiger charge is 1.97. The van der Waals surface area contributed by atoms with Gasteiger partial charge < -0.3 is 10.5 Å². The maximum atomic E-state index is 5.66. The van der Waals surface area contributed by atoms with Gasteiger partial charge in [0.05, 0.1) is 6.61 Å². The van der Waals surface area contributed by atoms with Crippen LogP contribution < -0.4 is 10.5 Å². The van der Waals surface area contributed by atoms with Crippen molar-refractivity contribution in [2.24, 2.45) is 5.73 Å². The summed E-state index contributed by atoms with van der Waals surface area (Å²) >= 11 is 0. The van der Waals surface area contributed by atoms with Crippen LogP contribution in [-0.2, 0) is 13.0 Å². The Balaban J connectivity index is 1.86. The van der Waals surface area contributed by atoms with E-state index in [9.17, 15) is 0 Å². The maximum Gasteiger partial charge on any atom is 0.119 e. The molecule has 0 aliphatic rings. The molecular weight excluding hydrogens is 212 g/mol. The fourth-order valence-electron chi connectivity index (χ4n) is 1.58. The number of ether oxygens (including phenoxy) is 1. The SMILES string of the molecule is NCc1cccc(OCCc2ccccn2)c1. The van der Waals surface area contributed by atoms with E-state index in [1.54, 1.807) is 6.20 Å². The quantitative estimate of drug-likeness (QED) is 0.853. The third-order valence-electron chi connectivity index (χ3n) is 2.49. The smallest absolute Gasteiger partial charge is 0.119 e. The zero-order valence-corrected chi connectivity index (χ0v) is 9.67. The Bertz CT molecular complexity index is 457. The Morgan fingerprint density at radius 1 is 1.12 bits per heavy atom. The van der Waals surface area contributed by atoms with Gasteiger partial charge in [0.2, 0.25) is 0 Å². The normalized spacial score (nSPS) is 10.2. The Morgan fingerprint density at radius 3 is 2.82 bits per heavy atom. The van der Waals surface area contributed by atoms with Crippen molar-refractivity contribution in [2.75, 3.05) is 6.61 Å². The minimum Gasteiger partial charge on any atom is -0.493 e. The molecule has 0 atom stereocenters. The highest BCUT2D eigenvalue weighted by molar-refractivity contribution is 5.28. The molecule has 0 aliphatic heterocycles. The molecule has 88 valence electrons. The summed E-state index contributed by atoms with van der Waals surface area (Å²) in [5.41, 5.74) is 7.70. The molecule has 0 radical (unpaired) electrons. The molecule has 0 aliphatic carbocycles. The van der Waals surface area contributed by atoms with Crippen LogP contribution >= 0.6 is 0 Å². The number of hydrogen-bond acceptors (Lipinski definition) is 3. The molecule has 2 N–H and O–H groups in total. The average molecular weight is 228 g/mol. The number of rotatable bonds is 5. The van der Waals surface area contributed by atoms with Crippen molar-refractivity contribution in [2.45, 2.75) is 13.0 Å². The van der Waals surface area contributed by atoms with Crippen molar-refractivity contribution < 1.29 is 4.74 Å². The van der Waals surface area contributed by atoms with Gasteiger partial charge in [-0.05, 0) is 29.8 Å². The highest BCUT2D eigenvalue weighted by Crippen LogP contribution is 2.13. The Morgan fingerprint density at radius 2 is 2.06 bits per heavy atom. The van der Waals surface area contributed by atoms with Crippen molar-refractivity contribution in [3.8, 4) is 5.75 Å². The van der Waals surface area contributed by atoms with Gasteiger partial charge in [-0.1, -0.05) is 18.2 Å². The second-order valence-corrected chi connectivity index (χ2v) is 3.77. The van der Waals surface area contributed by atoms with Crippen LogP contribution in [0.3, 0.4) is 0 Å². The minimum absolute atomic E-state index is 0.539. The first-order valence-corrected chi connectivity index (χ1v) is 5.70. The molecule has 3 heteroatoms. The summed E-state index contributed by atoms with van der Waals surface area (Å²) in [6, 6.07) is 13.8. The molecule has 17 heavy (non-hydrogen) atoms. The molecule has 0 fully saturated rings. The highest BCUT2D eigenvalue weighted by atomic mass is 16.5. The third kappa shape index (κ3) is 3.57. The van der Waals surface area contributed by atoms with E-state index < -0.39 is 0 Å². The second kappa shape index (κ2) is 6.01. The molecule has 1 aromatic heterocycles. The molecule has 0 saturated heterocycles. The van der Waals surface area contributed by atoms with Gasteiger partial charge in [0, 0.05) is 24.9 Å². The first-order valence-electron chi connectivity index (χ1n) is 5.70. The summed E-state index contributed by atoms with van der Waals surface area (Å²) in [5.74, 6) is 0.865. The number of benzene rings is 1. The number of hydrogen-bond donors (Lipinski definition) is 1. The molecule has 1 heterocycles. The lowest BCUT2D eigenvalue weighted by Gasteiger charge is -2.07. The topological polar surface area (TPSA) is 48.1 Å². The summed E-state index contributed by atoms with van der Waals surface area (Å²) in [7, 11) is 0. The van der Waals surface area contributed by atoms with E-state index in [0.717, 1.165) is 23.4 Å². The van der Waals surface area contributed by atoms with E-state index in [0.29, 0.717) is 13.2 Å². The average Bonchev–Trinajstić information content (AvgIpc) is 2.40. The lowest BCUT2D eigenvalue weighted by Crippen LogP contribution is -2.03. The molecule has 0 amide bonds. The summed E-state index contributed by atoms with van der Waals surface area (Å²) in [6.07, 6.45) is 2.61. The van der Waals surface area contributed by atoms with Crippen LogP contribution in [0.2, 0.25) is 0 Å². The van der Waals surface area contributed by atoms with Gasteiger partial charge in [0.25, 0.3) is 0 Å². The van der Waals surface area contributed by atoms with Crippen LogP contribution in [0.1, 0.15) is 11.3 Å². The lowest BCUT2D eigenvalue weighted by molar-refractivity contribution is 0.320.